The minimum atomic E-state index is -4.64. The number of para-hydroxylation sites is 2. The number of halogens is 3. The number of rotatable bonds is 0. The molecule has 6 N–H and O–H groups in total. The summed E-state index contributed by atoms with van der Waals surface area (Å²) < 4.78 is 37.9. The van der Waals surface area contributed by atoms with Crippen molar-refractivity contribution >= 4 is 18.9 Å². The summed E-state index contributed by atoms with van der Waals surface area (Å²) in [6, 6.07) is 7.80. The van der Waals surface area contributed by atoms with Gasteiger partial charge in [-0.1, -0.05) is 12.1 Å². The smallest absolute Gasteiger partial charge is 0.303 e. The number of alkyl halides is 3. The highest BCUT2D eigenvalue weighted by Gasteiger charge is 2.00. The molecule has 0 amide bonds. The van der Waals surface area contributed by atoms with Crippen LogP contribution in [0.25, 0.3) is 11.0 Å². The van der Waals surface area contributed by atoms with Crippen LogP contribution in [0.3, 0.4) is 0 Å². The Bertz CT molecular complexity index is 531. The molecular formula is C11H17F3N5O4P. The first-order valence-corrected chi connectivity index (χ1v) is 7.83. The largest absolute Gasteiger partial charge is 0.466 e. The molecule has 0 spiro atoms. The van der Waals surface area contributed by atoms with Crippen molar-refractivity contribution in [1.29, 1.82) is 0 Å². The summed E-state index contributed by atoms with van der Waals surface area (Å²) in [5, 5.41) is 0. The van der Waals surface area contributed by atoms with Gasteiger partial charge in [0.2, 0.25) is 0 Å². The highest BCUT2D eigenvalue weighted by Crippen LogP contribution is 2.25. The third-order valence-corrected chi connectivity index (χ3v) is 1.93. The highest BCUT2D eigenvalue weighted by atomic mass is 31.2. The Labute approximate surface area is 135 Å². The predicted octanol–water partition coefficient (Wildman–Crippen LogP) is 0.478. The minimum absolute atomic E-state index is 0.949. The van der Waals surface area contributed by atoms with Crippen LogP contribution in [0, 0.1) is 0 Å². The van der Waals surface area contributed by atoms with Crippen LogP contribution in [-0.4, -0.2) is 44.4 Å². The standard InChI is InChI=1S/C8H6N2.C2H7N3.CHF3.H3O4P/c1-2-4-8-7(3-1)9-5-6-10-8;1-2-4-5-3-1;2-1(3)4;1-5(2,3)4/h1-6H;3-5H,1-2H2;1H;(H3,1,2,3,4). The Balaban J connectivity index is 0.000000324. The first kappa shape index (κ1) is 22.3. The molecule has 1 fully saturated rings. The lowest BCUT2D eigenvalue weighted by Crippen LogP contribution is -2.29. The van der Waals surface area contributed by atoms with Gasteiger partial charge >= 0.3 is 14.5 Å². The van der Waals surface area contributed by atoms with Gasteiger partial charge in [0.05, 0.1) is 11.0 Å². The number of hydrogen-bond donors (Lipinski definition) is 6. The van der Waals surface area contributed by atoms with Crippen molar-refractivity contribution in [2.24, 2.45) is 0 Å². The lowest BCUT2D eigenvalue weighted by atomic mass is 10.3. The van der Waals surface area contributed by atoms with Crippen molar-refractivity contribution in [3.05, 3.63) is 36.7 Å². The fourth-order valence-electron chi connectivity index (χ4n) is 1.22. The Hall–Kier alpha value is -1.66. The molecule has 3 rings (SSSR count). The van der Waals surface area contributed by atoms with Crippen LogP contribution in [0.1, 0.15) is 0 Å². The topological polar surface area (TPSA) is 140 Å². The zero-order chi connectivity index (χ0) is 18.4. The maximum absolute atomic E-state index is 9.67. The van der Waals surface area contributed by atoms with Crippen molar-refractivity contribution in [3.8, 4) is 0 Å². The molecule has 24 heavy (non-hydrogen) atoms. The summed E-state index contributed by atoms with van der Waals surface area (Å²) in [5.74, 6) is 0. The lowest BCUT2D eigenvalue weighted by Gasteiger charge is -1.90. The van der Waals surface area contributed by atoms with E-state index in [0.29, 0.717) is 0 Å². The normalized spacial score (nSPS) is 13.1. The van der Waals surface area contributed by atoms with Gasteiger partial charge in [-0.2, -0.15) is 18.7 Å². The monoisotopic (exact) mass is 371 g/mol. The van der Waals surface area contributed by atoms with E-state index in [1.807, 2.05) is 24.3 Å². The van der Waals surface area contributed by atoms with Crippen LogP contribution in [-0.2, 0) is 4.57 Å². The maximum Gasteiger partial charge on any atom is 0.466 e. The second-order valence-electron chi connectivity index (χ2n) is 3.78. The SMILES string of the molecule is C1CNNN1.FC(F)F.O=P(O)(O)O.c1ccc2nccnc2c1. The average molecular weight is 371 g/mol. The number of benzene rings is 1. The van der Waals surface area contributed by atoms with Crippen molar-refractivity contribution in [3.63, 3.8) is 0 Å². The summed E-state index contributed by atoms with van der Waals surface area (Å²) >= 11 is 0. The molecule has 1 aromatic heterocycles. The fourth-order valence-corrected chi connectivity index (χ4v) is 1.22. The molecule has 1 saturated heterocycles. The number of nitrogens with one attached hydrogen (secondary N) is 3. The molecule has 2 heterocycles. The van der Waals surface area contributed by atoms with E-state index in [1.54, 1.807) is 12.4 Å². The van der Waals surface area contributed by atoms with Crippen molar-refractivity contribution < 1.29 is 32.4 Å². The van der Waals surface area contributed by atoms with Crippen LogP contribution in [0.4, 0.5) is 13.2 Å². The van der Waals surface area contributed by atoms with Crippen LogP contribution < -0.4 is 16.4 Å². The molecular weight excluding hydrogens is 354 g/mol. The Kier molecular flexibility index (Phi) is 11.8. The van der Waals surface area contributed by atoms with E-state index in [9.17, 15) is 13.2 Å². The third kappa shape index (κ3) is 16.7. The van der Waals surface area contributed by atoms with Crippen LogP contribution in [0.15, 0.2) is 36.7 Å². The van der Waals surface area contributed by atoms with Crippen LogP contribution >= 0.6 is 7.82 Å². The van der Waals surface area contributed by atoms with E-state index in [1.165, 1.54) is 0 Å². The van der Waals surface area contributed by atoms with E-state index in [4.69, 9.17) is 19.2 Å². The van der Waals surface area contributed by atoms with E-state index < -0.39 is 14.5 Å². The van der Waals surface area contributed by atoms with Gasteiger partial charge in [0.25, 0.3) is 0 Å². The predicted molar refractivity (Wildman–Crippen MR) is 80.1 cm³/mol. The molecule has 0 atom stereocenters. The van der Waals surface area contributed by atoms with E-state index in [0.717, 1.165) is 24.1 Å². The summed E-state index contributed by atoms with van der Waals surface area (Å²) in [5.41, 5.74) is 10.3. The van der Waals surface area contributed by atoms with Crippen LogP contribution in [0.5, 0.6) is 0 Å². The number of hydrazine groups is 2. The maximum atomic E-state index is 9.67. The molecule has 0 bridgehead atoms. The molecule has 136 valence electrons. The minimum Gasteiger partial charge on any atom is -0.303 e. The summed E-state index contributed by atoms with van der Waals surface area (Å²) in [7, 11) is -4.64. The van der Waals surface area contributed by atoms with Crippen molar-refractivity contribution in [2.45, 2.75) is 6.68 Å². The highest BCUT2D eigenvalue weighted by molar-refractivity contribution is 7.45. The molecule has 0 saturated carbocycles. The summed E-state index contributed by atoms with van der Waals surface area (Å²) in [6.07, 6.45) is 3.39. The first-order chi connectivity index (χ1) is 11.2. The molecule has 1 aliphatic heterocycles. The Morgan fingerprint density at radius 1 is 0.958 bits per heavy atom. The Morgan fingerprint density at radius 3 is 1.54 bits per heavy atom. The second-order valence-corrected chi connectivity index (χ2v) is 4.81. The summed E-state index contributed by atoms with van der Waals surface area (Å²) in [6.45, 7) is -1.61. The number of aromatic nitrogens is 2. The van der Waals surface area contributed by atoms with Crippen molar-refractivity contribution in [1.82, 2.24) is 26.4 Å². The number of fused-ring (bicyclic) bond motifs is 1. The van der Waals surface area contributed by atoms with Gasteiger partial charge in [-0.3, -0.25) is 9.97 Å². The van der Waals surface area contributed by atoms with Crippen molar-refractivity contribution in [2.75, 3.05) is 13.1 Å². The molecule has 1 aromatic carbocycles. The summed E-state index contributed by atoms with van der Waals surface area (Å²) in [4.78, 5) is 29.8. The van der Waals surface area contributed by atoms with Gasteiger partial charge in [0.15, 0.2) is 0 Å². The molecule has 0 aliphatic carbocycles. The van der Waals surface area contributed by atoms with E-state index >= 15 is 0 Å². The first-order valence-electron chi connectivity index (χ1n) is 6.27. The Morgan fingerprint density at radius 2 is 1.29 bits per heavy atom. The molecule has 13 heteroatoms. The van der Waals surface area contributed by atoms with Gasteiger partial charge in [-0.05, 0) is 12.1 Å². The number of hydrogen-bond acceptors (Lipinski definition) is 6. The third-order valence-electron chi connectivity index (χ3n) is 1.93. The lowest BCUT2D eigenvalue weighted by molar-refractivity contribution is 0.00818. The van der Waals surface area contributed by atoms with Gasteiger partial charge < -0.3 is 14.7 Å². The van der Waals surface area contributed by atoms with E-state index in [2.05, 4.69) is 26.4 Å². The van der Waals surface area contributed by atoms with Gasteiger partial charge in [-0.15, -0.1) is 0 Å². The quantitative estimate of drug-likeness (QED) is 0.365. The van der Waals surface area contributed by atoms with Gasteiger partial charge in [0, 0.05) is 25.5 Å². The molecule has 0 radical (unpaired) electrons. The van der Waals surface area contributed by atoms with Gasteiger partial charge in [0.1, 0.15) is 0 Å². The molecule has 9 nitrogen and oxygen atoms in total. The van der Waals surface area contributed by atoms with Gasteiger partial charge in [-0.25, -0.2) is 15.4 Å². The second kappa shape index (κ2) is 12.7. The molecule has 1 aliphatic rings. The fraction of sp³-hybridized carbons (Fsp3) is 0.273. The molecule has 0 unspecified atom stereocenters. The number of phosphoric acid groups is 1. The van der Waals surface area contributed by atoms with E-state index in [-0.39, 0.29) is 0 Å². The zero-order valence-electron chi connectivity index (χ0n) is 12.2. The molecule has 2 aromatic rings. The number of nitrogens with zero attached hydrogens (tertiary/aromatic N) is 2. The average Bonchev–Trinajstić information content (AvgIpc) is 3.04. The van der Waals surface area contributed by atoms with Crippen LogP contribution in [0.2, 0.25) is 0 Å². The zero-order valence-corrected chi connectivity index (χ0v) is 13.1.